The Morgan fingerprint density at radius 2 is 1.51 bits per heavy atom. The van der Waals surface area contributed by atoms with Crippen molar-refractivity contribution in [1.82, 2.24) is 26.2 Å². The van der Waals surface area contributed by atoms with Crippen LogP contribution in [0, 0.1) is 5.92 Å². The van der Waals surface area contributed by atoms with Crippen LogP contribution in [0.15, 0.2) is 35.3 Å². The van der Waals surface area contributed by atoms with Crippen LogP contribution in [0.5, 0.6) is 0 Å². The minimum atomic E-state index is -1.51. The first-order valence-corrected chi connectivity index (χ1v) is 16.4. The van der Waals surface area contributed by atoms with Crippen molar-refractivity contribution >= 4 is 53.2 Å². The minimum absolute atomic E-state index is 0.00872. The van der Waals surface area contributed by atoms with E-state index in [0.29, 0.717) is 5.56 Å². The number of nitrogens with zero attached hydrogens (tertiary/aromatic N) is 2. The van der Waals surface area contributed by atoms with Crippen LogP contribution in [0.25, 0.3) is 0 Å². The summed E-state index contributed by atoms with van der Waals surface area (Å²) in [5.41, 5.74) is 11.4. The first-order valence-electron chi connectivity index (χ1n) is 15.0. The van der Waals surface area contributed by atoms with Crippen LogP contribution < -0.4 is 32.7 Å². The first kappa shape index (κ1) is 40.6. The average molecular weight is 681 g/mol. The van der Waals surface area contributed by atoms with E-state index in [2.05, 4.69) is 26.3 Å². The monoisotopic (exact) mass is 680 g/mol. The van der Waals surface area contributed by atoms with Gasteiger partial charge in [-0.15, -0.1) is 0 Å². The number of aliphatic hydroxyl groups excluding tert-OH is 1. The number of benzene rings is 1. The van der Waals surface area contributed by atoms with Gasteiger partial charge in [0.15, 0.2) is 5.96 Å². The largest absolute Gasteiger partial charge is 0.480 e. The number of nitrogens with one attached hydrogen (secondary N) is 4. The number of carbonyl (C=O) groups is 6. The number of rotatable bonds is 20. The summed E-state index contributed by atoms with van der Waals surface area (Å²) in [7, 11) is 1.27. The highest BCUT2D eigenvalue weighted by Gasteiger charge is 2.35. The van der Waals surface area contributed by atoms with E-state index in [1.54, 1.807) is 50.4 Å². The fourth-order valence-electron chi connectivity index (χ4n) is 4.50. The Morgan fingerprint density at radius 1 is 0.915 bits per heavy atom. The maximum absolute atomic E-state index is 13.5. The third kappa shape index (κ3) is 14.3. The van der Waals surface area contributed by atoms with E-state index in [-0.39, 0.29) is 37.5 Å². The number of aliphatic imine (C=N–C) groups is 1. The number of carboxylic acid groups (broad SMARTS) is 1. The zero-order chi connectivity index (χ0) is 35.7. The second-order valence-corrected chi connectivity index (χ2v) is 12.1. The second-order valence-electron chi connectivity index (χ2n) is 11.2. The molecule has 16 nitrogen and oxygen atoms in total. The summed E-state index contributed by atoms with van der Waals surface area (Å²) in [6.07, 6.45) is 2.10. The molecular formula is C30H48N8O8S. The molecule has 5 amide bonds. The van der Waals surface area contributed by atoms with E-state index in [1.165, 1.54) is 25.7 Å². The van der Waals surface area contributed by atoms with Crippen LogP contribution in [-0.4, -0.2) is 119 Å². The van der Waals surface area contributed by atoms with Gasteiger partial charge in [-0.25, -0.2) is 4.79 Å². The highest BCUT2D eigenvalue weighted by atomic mass is 32.2. The zero-order valence-electron chi connectivity index (χ0n) is 27.4. The predicted octanol–water partition coefficient (Wildman–Crippen LogP) is -1.84. The van der Waals surface area contributed by atoms with Gasteiger partial charge < -0.3 is 47.8 Å². The number of hydrogen-bond acceptors (Lipinski definition) is 9. The third-order valence-corrected chi connectivity index (χ3v) is 7.69. The van der Waals surface area contributed by atoms with Crippen LogP contribution in [0.2, 0.25) is 0 Å². The molecule has 0 aliphatic rings. The number of nitrogens with two attached hydrogens (primary N) is 2. The van der Waals surface area contributed by atoms with Crippen molar-refractivity contribution in [2.75, 3.05) is 32.2 Å². The summed E-state index contributed by atoms with van der Waals surface area (Å²) in [5.74, 6) is -5.12. The molecule has 0 radical (unpaired) electrons. The lowest BCUT2D eigenvalue weighted by atomic mass is 10.0. The molecule has 0 aliphatic heterocycles. The van der Waals surface area contributed by atoms with Crippen molar-refractivity contribution in [3.05, 3.63) is 35.9 Å². The summed E-state index contributed by atoms with van der Waals surface area (Å²) in [6, 6.07) is 2.58. The number of amides is 5. The Bertz CT molecular complexity index is 1250. The van der Waals surface area contributed by atoms with Crippen LogP contribution in [0.1, 0.15) is 39.2 Å². The molecule has 1 aromatic carbocycles. The molecule has 0 aliphatic carbocycles. The van der Waals surface area contributed by atoms with E-state index in [9.17, 15) is 39.0 Å². The van der Waals surface area contributed by atoms with E-state index in [1.807, 2.05) is 0 Å². The molecule has 0 heterocycles. The fourth-order valence-corrected chi connectivity index (χ4v) is 5.07. The summed E-state index contributed by atoms with van der Waals surface area (Å²) in [5, 5.41) is 30.0. The molecule has 0 unspecified atom stereocenters. The van der Waals surface area contributed by atoms with Crippen LogP contribution in [-0.2, 0) is 35.2 Å². The van der Waals surface area contributed by atoms with Gasteiger partial charge in [0.05, 0.1) is 6.61 Å². The molecular weight excluding hydrogens is 632 g/mol. The van der Waals surface area contributed by atoms with Crippen molar-refractivity contribution in [3.8, 4) is 0 Å². The summed E-state index contributed by atoms with van der Waals surface area (Å²) < 4.78 is 0. The van der Waals surface area contributed by atoms with Gasteiger partial charge in [0.1, 0.15) is 30.2 Å². The van der Waals surface area contributed by atoms with Crippen molar-refractivity contribution in [2.24, 2.45) is 22.4 Å². The molecule has 0 saturated heterocycles. The fraction of sp³-hybridized carbons (Fsp3) is 0.567. The summed E-state index contributed by atoms with van der Waals surface area (Å²) in [4.78, 5) is 81.7. The standard InChI is InChI=1S/C30H48N8O8S/c1-17(2)24(27(43)36-21(15-39)28(44)38(4)23(29(45)46)14-19-10-7-6-8-11-19)37-25(41)20(12-9-13-33-30(31)32)35-26(42)22(16-47-5)34-18(3)40/h6-8,10-11,17,20-24,39H,9,12-16H2,1-5H3,(H,34,40)(H,35,42)(H,36,43)(H,37,41)(H,45,46)(H4,31,32,33)/t20-,21-,22-,23-,24-/m0/s1. The Morgan fingerprint density at radius 3 is 2.02 bits per heavy atom. The van der Waals surface area contributed by atoms with Gasteiger partial charge in [0.25, 0.3) is 0 Å². The molecule has 17 heteroatoms. The third-order valence-electron chi connectivity index (χ3n) is 7.02. The van der Waals surface area contributed by atoms with E-state index < -0.39 is 78.2 Å². The molecule has 0 spiro atoms. The highest BCUT2D eigenvalue weighted by Crippen LogP contribution is 2.11. The molecule has 262 valence electrons. The molecule has 0 aromatic heterocycles. The molecule has 47 heavy (non-hydrogen) atoms. The maximum atomic E-state index is 13.5. The number of aliphatic carboxylic acids is 1. The number of guanidine groups is 1. The Hall–Kier alpha value is -4.38. The van der Waals surface area contributed by atoms with E-state index >= 15 is 0 Å². The van der Waals surface area contributed by atoms with Crippen LogP contribution >= 0.6 is 11.8 Å². The van der Waals surface area contributed by atoms with Crippen LogP contribution in [0.4, 0.5) is 0 Å². The van der Waals surface area contributed by atoms with Crippen molar-refractivity contribution in [2.45, 2.75) is 70.2 Å². The summed E-state index contributed by atoms with van der Waals surface area (Å²) >= 11 is 1.32. The van der Waals surface area contributed by atoms with Gasteiger partial charge in [-0.1, -0.05) is 44.2 Å². The Labute approximate surface area is 278 Å². The molecule has 1 aromatic rings. The van der Waals surface area contributed by atoms with Gasteiger partial charge in [0.2, 0.25) is 29.5 Å². The lowest BCUT2D eigenvalue weighted by Crippen LogP contribution is -2.60. The number of likely N-dealkylation sites (N-methyl/N-ethyl adjacent to an activating group) is 1. The topological polar surface area (TPSA) is 259 Å². The van der Waals surface area contributed by atoms with Crippen molar-refractivity contribution in [3.63, 3.8) is 0 Å². The smallest absolute Gasteiger partial charge is 0.326 e. The van der Waals surface area contributed by atoms with E-state index in [4.69, 9.17) is 11.5 Å². The first-order chi connectivity index (χ1) is 22.1. The molecule has 0 bridgehead atoms. The molecule has 5 atom stereocenters. The molecule has 1 rings (SSSR count). The lowest BCUT2D eigenvalue weighted by molar-refractivity contribution is -0.150. The summed E-state index contributed by atoms with van der Waals surface area (Å²) in [6.45, 7) is 3.87. The molecule has 10 N–H and O–H groups in total. The van der Waals surface area contributed by atoms with Crippen LogP contribution in [0.3, 0.4) is 0 Å². The quantitative estimate of drug-likeness (QED) is 0.0431. The lowest BCUT2D eigenvalue weighted by Gasteiger charge is -2.30. The van der Waals surface area contributed by atoms with Gasteiger partial charge in [-0.2, -0.15) is 11.8 Å². The number of carbonyl (C=O) groups excluding carboxylic acids is 5. The Kier molecular flexibility index (Phi) is 17.9. The normalized spacial score (nSPS) is 14.0. The predicted molar refractivity (Wildman–Crippen MR) is 178 cm³/mol. The molecule has 0 saturated carbocycles. The SMILES string of the molecule is CSC[C@H](NC(C)=O)C(=O)N[C@@H](CCCN=C(N)N)C(=O)N[C@H](C(=O)N[C@@H](CO)C(=O)N(C)[C@@H](Cc1ccccc1)C(=O)O)C(C)C. The van der Waals surface area contributed by atoms with Crippen molar-refractivity contribution < 1.29 is 39.0 Å². The number of aliphatic hydroxyl groups is 1. The number of carboxylic acids is 1. The van der Waals surface area contributed by atoms with E-state index in [0.717, 1.165) is 4.90 Å². The minimum Gasteiger partial charge on any atom is -0.480 e. The number of hydrogen-bond donors (Lipinski definition) is 8. The average Bonchev–Trinajstić information content (AvgIpc) is 3.01. The van der Waals surface area contributed by atoms with Gasteiger partial charge in [-0.3, -0.25) is 29.0 Å². The van der Waals surface area contributed by atoms with Gasteiger partial charge in [-0.05, 0) is 30.6 Å². The van der Waals surface area contributed by atoms with Gasteiger partial charge in [0, 0.05) is 32.7 Å². The zero-order valence-corrected chi connectivity index (χ0v) is 28.2. The number of thioether (sulfide) groups is 1. The second kappa shape index (κ2) is 20.7. The van der Waals surface area contributed by atoms with Crippen molar-refractivity contribution in [1.29, 1.82) is 0 Å². The van der Waals surface area contributed by atoms with Gasteiger partial charge >= 0.3 is 5.97 Å². The highest BCUT2D eigenvalue weighted by molar-refractivity contribution is 7.98. The maximum Gasteiger partial charge on any atom is 0.326 e. The molecule has 0 fully saturated rings. The Balaban J connectivity index is 3.14.